The van der Waals surface area contributed by atoms with Crippen molar-refractivity contribution < 1.29 is 9.18 Å². The van der Waals surface area contributed by atoms with Crippen molar-refractivity contribution in [3.8, 4) is 0 Å². The number of carbonyl (C=O) groups is 1. The quantitative estimate of drug-likeness (QED) is 0.602. The molecule has 18 heavy (non-hydrogen) atoms. The molecule has 7 heteroatoms. The molecule has 0 bridgehead atoms. The maximum atomic E-state index is 13.0. The molecule has 0 saturated carbocycles. The highest BCUT2D eigenvalue weighted by molar-refractivity contribution is 6.04. The number of nitrogens with two attached hydrogens (primary N) is 2. The van der Waals surface area contributed by atoms with Crippen molar-refractivity contribution in [3.63, 3.8) is 0 Å². The Morgan fingerprint density at radius 2 is 2.00 bits per heavy atom. The number of nitrogens with zero attached hydrogens (tertiary/aromatic N) is 2. The zero-order chi connectivity index (χ0) is 12.6. The van der Waals surface area contributed by atoms with Crippen LogP contribution in [-0.2, 0) is 7.05 Å². The zero-order valence-corrected chi connectivity index (χ0v) is 10.4. The molecule has 2 rings (SSSR count). The molecule has 0 unspecified atom stereocenters. The van der Waals surface area contributed by atoms with Crippen molar-refractivity contribution in [2.45, 2.75) is 0 Å². The predicted molar refractivity (Wildman–Crippen MR) is 70.3 cm³/mol. The number of aryl methyl sites for hydroxylation is 1. The molecule has 0 fully saturated rings. The van der Waals surface area contributed by atoms with E-state index in [2.05, 4.69) is 4.99 Å². The molecule has 96 valence electrons. The summed E-state index contributed by atoms with van der Waals surface area (Å²) >= 11 is 0. The Morgan fingerprint density at radius 3 is 2.61 bits per heavy atom. The van der Waals surface area contributed by atoms with Crippen LogP contribution in [0.3, 0.4) is 0 Å². The van der Waals surface area contributed by atoms with Gasteiger partial charge in [0.25, 0.3) is 5.91 Å². The van der Waals surface area contributed by atoms with Crippen LogP contribution in [-0.4, -0.2) is 16.4 Å². The van der Waals surface area contributed by atoms with Crippen molar-refractivity contribution in [2.24, 2.45) is 23.5 Å². The second-order valence-corrected chi connectivity index (χ2v) is 3.63. The first-order valence-corrected chi connectivity index (χ1v) is 4.88. The molecule has 1 aromatic carbocycles. The fourth-order valence-electron chi connectivity index (χ4n) is 1.70. The van der Waals surface area contributed by atoms with E-state index >= 15 is 0 Å². The summed E-state index contributed by atoms with van der Waals surface area (Å²) in [5.41, 5.74) is 11.3. The summed E-state index contributed by atoms with van der Waals surface area (Å²) in [6, 6.07) is 5.82. The molecule has 0 saturated heterocycles. The van der Waals surface area contributed by atoms with E-state index in [1.807, 2.05) is 0 Å². The minimum Gasteiger partial charge on any atom is -0.370 e. The first-order valence-electron chi connectivity index (χ1n) is 4.88. The number of benzene rings is 1. The number of aromatic nitrogens is 1. The first-order chi connectivity index (χ1) is 7.99. The van der Waals surface area contributed by atoms with Crippen LogP contribution in [0.15, 0.2) is 29.3 Å². The summed E-state index contributed by atoms with van der Waals surface area (Å²) in [7, 11) is 1.69. The monoisotopic (exact) mass is 270 g/mol. The van der Waals surface area contributed by atoms with E-state index in [1.54, 1.807) is 23.7 Å². The van der Waals surface area contributed by atoms with E-state index in [1.165, 1.54) is 12.1 Å². The summed E-state index contributed by atoms with van der Waals surface area (Å²) in [4.78, 5) is 15.1. The van der Waals surface area contributed by atoms with Gasteiger partial charge in [0.15, 0.2) is 5.96 Å². The van der Waals surface area contributed by atoms with Crippen LogP contribution in [0.4, 0.5) is 4.39 Å². The smallest absolute Gasteiger partial charge is 0.296 e. The molecule has 0 aliphatic carbocycles. The minimum absolute atomic E-state index is 0. The number of halogens is 2. The molecular weight excluding hydrogens is 259 g/mol. The lowest BCUT2D eigenvalue weighted by Crippen LogP contribution is -2.24. The number of guanidine groups is 1. The van der Waals surface area contributed by atoms with Crippen molar-refractivity contribution >= 4 is 35.2 Å². The molecule has 1 aromatic heterocycles. The molecule has 0 aliphatic rings. The maximum Gasteiger partial charge on any atom is 0.296 e. The first kappa shape index (κ1) is 14.0. The predicted octanol–water partition coefficient (Wildman–Crippen LogP) is 1.15. The van der Waals surface area contributed by atoms with E-state index < -0.39 is 5.91 Å². The minimum atomic E-state index is -0.552. The lowest BCUT2D eigenvalue weighted by atomic mass is 10.2. The van der Waals surface area contributed by atoms with Gasteiger partial charge >= 0.3 is 0 Å². The summed E-state index contributed by atoms with van der Waals surface area (Å²) in [6.07, 6.45) is 0. The Morgan fingerprint density at radius 1 is 1.33 bits per heavy atom. The third kappa shape index (κ3) is 2.43. The highest BCUT2D eigenvalue weighted by atomic mass is 35.5. The SMILES string of the molecule is Cl.Cn1c(C(=O)N=C(N)N)cc2cc(F)ccc21. The van der Waals surface area contributed by atoms with Crippen LogP contribution >= 0.6 is 12.4 Å². The van der Waals surface area contributed by atoms with Gasteiger partial charge in [-0.2, -0.15) is 4.99 Å². The summed E-state index contributed by atoms with van der Waals surface area (Å²) in [5.74, 6) is -1.21. The summed E-state index contributed by atoms with van der Waals surface area (Å²) in [5, 5.41) is 0.627. The molecular formula is C11H12ClFN4O. The topological polar surface area (TPSA) is 86.4 Å². The fourth-order valence-corrected chi connectivity index (χ4v) is 1.70. The number of rotatable bonds is 1. The van der Waals surface area contributed by atoms with Crippen molar-refractivity contribution in [3.05, 3.63) is 35.8 Å². The zero-order valence-electron chi connectivity index (χ0n) is 9.55. The number of hydrogen-bond acceptors (Lipinski definition) is 1. The molecule has 1 amide bonds. The van der Waals surface area contributed by atoms with Gasteiger partial charge in [-0.25, -0.2) is 4.39 Å². The average molecular weight is 271 g/mol. The molecule has 2 aromatic rings. The Bertz CT molecular complexity index is 631. The van der Waals surface area contributed by atoms with Gasteiger partial charge in [0.05, 0.1) is 0 Å². The van der Waals surface area contributed by atoms with Gasteiger partial charge in [0.2, 0.25) is 0 Å². The lowest BCUT2D eigenvalue weighted by Gasteiger charge is -2.00. The molecule has 5 nitrogen and oxygen atoms in total. The standard InChI is InChI=1S/C11H11FN4O.ClH/c1-16-8-3-2-7(12)4-6(8)5-9(16)10(17)15-11(13)14;/h2-5H,1H3,(H4,13,14,15,17);1H. The van der Waals surface area contributed by atoms with E-state index in [-0.39, 0.29) is 24.2 Å². The van der Waals surface area contributed by atoms with Gasteiger partial charge in [-0.05, 0) is 24.3 Å². The van der Waals surface area contributed by atoms with E-state index in [0.29, 0.717) is 11.1 Å². The number of aliphatic imine (C=N–C) groups is 1. The maximum absolute atomic E-state index is 13.0. The highest BCUT2D eigenvalue weighted by Gasteiger charge is 2.13. The molecule has 0 aliphatic heterocycles. The highest BCUT2D eigenvalue weighted by Crippen LogP contribution is 2.20. The van der Waals surface area contributed by atoms with E-state index in [4.69, 9.17) is 11.5 Å². The Kier molecular flexibility index (Phi) is 3.93. The fraction of sp³-hybridized carbons (Fsp3) is 0.0909. The number of hydrogen-bond donors (Lipinski definition) is 2. The second-order valence-electron chi connectivity index (χ2n) is 3.63. The normalized spacial score (nSPS) is 9.89. The molecule has 1 heterocycles. The number of fused-ring (bicyclic) bond motifs is 1. The van der Waals surface area contributed by atoms with E-state index in [0.717, 1.165) is 5.52 Å². The van der Waals surface area contributed by atoms with Gasteiger partial charge in [-0.3, -0.25) is 4.79 Å². The van der Waals surface area contributed by atoms with E-state index in [9.17, 15) is 9.18 Å². The van der Waals surface area contributed by atoms with Crippen LogP contribution in [0.25, 0.3) is 10.9 Å². The molecule has 4 N–H and O–H groups in total. The van der Waals surface area contributed by atoms with Gasteiger partial charge in [0.1, 0.15) is 11.5 Å². The van der Waals surface area contributed by atoms with Crippen LogP contribution in [0.1, 0.15) is 10.5 Å². The van der Waals surface area contributed by atoms with Crippen LogP contribution < -0.4 is 11.5 Å². The van der Waals surface area contributed by atoms with Crippen molar-refractivity contribution in [1.82, 2.24) is 4.57 Å². The lowest BCUT2D eigenvalue weighted by molar-refractivity contribution is 0.0995. The van der Waals surface area contributed by atoms with Crippen molar-refractivity contribution in [2.75, 3.05) is 0 Å². The van der Waals surface area contributed by atoms with Crippen LogP contribution in [0.5, 0.6) is 0 Å². The van der Waals surface area contributed by atoms with Gasteiger partial charge in [0, 0.05) is 18.0 Å². The molecule has 0 radical (unpaired) electrons. The Hall–Kier alpha value is -2.08. The molecule has 0 spiro atoms. The van der Waals surface area contributed by atoms with Crippen molar-refractivity contribution in [1.29, 1.82) is 0 Å². The second kappa shape index (κ2) is 5.05. The number of amides is 1. The van der Waals surface area contributed by atoms with Gasteiger partial charge in [-0.1, -0.05) is 0 Å². The average Bonchev–Trinajstić information content (AvgIpc) is 2.54. The Balaban J connectivity index is 0.00000162. The third-order valence-corrected chi connectivity index (χ3v) is 2.45. The molecule has 0 atom stereocenters. The number of carbonyl (C=O) groups excluding carboxylic acids is 1. The Labute approximate surface area is 109 Å². The van der Waals surface area contributed by atoms with Crippen LogP contribution in [0.2, 0.25) is 0 Å². The van der Waals surface area contributed by atoms with Gasteiger partial charge in [-0.15, -0.1) is 12.4 Å². The summed E-state index contributed by atoms with van der Waals surface area (Å²) < 4.78 is 14.6. The summed E-state index contributed by atoms with van der Waals surface area (Å²) in [6.45, 7) is 0. The van der Waals surface area contributed by atoms with Gasteiger partial charge < -0.3 is 16.0 Å². The third-order valence-electron chi connectivity index (χ3n) is 2.45. The largest absolute Gasteiger partial charge is 0.370 e. The van der Waals surface area contributed by atoms with Crippen LogP contribution in [0, 0.1) is 5.82 Å².